The van der Waals surface area contributed by atoms with Crippen LogP contribution in [0.1, 0.15) is 28.9 Å². The number of amides is 1. The third kappa shape index (κ3) is 2.81. The summed E-state index contributed by atoms with van der Waals surface area (Å²) in [6.45, 7) is 1.42. The summed E-state index contributed by atoms with van der Waals surface area (Å²) in [5.74, 6) is 0.954. The predicted octanol–water partition coefficient (Wildman–Crippen LogP) is 5.20. The number of aromatic nitrogens is 1. The van der Waals surface area contributed by atoms with Gasteiger partial charge in [0, 0.05) is 36.6 Å². The third-order valence-electron chi connectivity index (χ3n) is 7.00. The van der Waals surface area contributed by atoms with E-state index in [1.807, 2.05) is 41.3 Å². The zero-order valence-electron chi connectivity index (χ0n) is 18.0. The van der Waals surface area contributed by atoms with Crippen molar-refractivity contribution in [1.82, 2.24) is 9.47 Å². The largest absolute Gasteiger partial charge is 0.497 e. The van der Waals surface area contributed by atoms with E-state index < -0.39 is 0 Å². The second-order valence-electron chi connectivity index (χ2n) is 8.67. The van der Waals surface area contributed by atoms with Gasteiger partial charge in [0.25, 0.3) is 5.91 Å². The van der Waals surface area contributed by atoms with E-state index in [1.54, 1.807) is 7.11 Å². The molecule has 0 saturated carbocycles. The van der Waals surface area contributed by atoms with Gasteiger partial charge in [-0.25, -0.2) is 0 Å². The predicted molar refractivity (Wildman–Crippen MR) is 127 cm³/mol. The molecular weight excluding hydrogens is 398 g/mol. The van der Waals surface area contributed by atoms with Crippen molar-refractivity contribution in [3.63, 3.8) is 0 Å². The standard InChI is InChI=1S/C27H25N3O2/c1-32-20-11-12-24-23(18-20)28-27(25-10-5-15-30(24)25)13-16-29(17-14-27)26(31)22-9-4-7-19-6-2-3-8-21(19)22/h2-12,15,18,28H,13-14,16-17H2,1H3. The van der Waals surface area contributed by atoms with Gasteiger partial charge in [-0.1, -0.05) is 36.4 Å². The van der Waals surface area contributed by atoms with E-state index in [1.165, 1.54) is 5.69 Å². The number of fused-ring (bicyclic) bond motifs is 5. The van der Waals surface area contributed by atoms with Gasteiger partial charge in [0.15, 0.2) is 0 Å². The molecule has 0 aliphatic carbocycles. The quantitative estimate of drug-likeness (QED) is 0.482. The van der Waals surface area contributed by atoms with Gasteiger partial charge >= 0.3 is 0 Å². The summed E-state index contributed by atoms with van der Waals surface area (Å²) < 4.78 is 7.73. The lowest BCUT2D eigenvalue weighted by molar-refractivity contribution is 0.0678. The first-order valence-electron chi connectivity index (χ1n) is 11.1. The van der Waals surface area contributed by atoms with Crippen LogP contribution in [0.2, 0.25) is 0 Å². The first kappa shape index (κ1) is 19.0. The van der Waals surface area contributed by atoms with E-state index in [4.69, 9.17) is 4.74 Å². The Bertz CT molecular complexity index is 1330. The molecule has 1 fully saturated rings. The minimum atomic E-state index is -0.196. The minimum absolute atomic E-state index is 0.116. The molecule has 0 unspecified atom stereocenters. The lowest BCUT2D eigenvalue weighted by Crippen LogP contribution is -2.51. The fraction of sp³-hybridized carbons (Fsp3) is 0.222. The fourth-order valence-corrected chi connectivity index (χ4v) is 5.31. The maximum absolute atomic E-state index is 13.4. The first-order chi connectivity index (χ1) is 15.7. The number of benzene rings is 3. The highest BCUT2D eigenvalue weighted by atomic mass is 16.5. The van der Waals surface area contributed by atoms with E-state index in [0.29, 0.717) is 13.1 Å². The molecule has 1 saturated heterocycles. The van der Waals surface area contributed by atoms with Crippen LogP contribution in [0, 0.1) is 0 Å². The molecule has 32 heavy (non-hydrogen) atoms. The van der Waals surface area contributed by atoms with Crippen LogP contribution in [0.15, 0.2) is 79.0 Å². The Kier molecular flexibility index (Phi) is 4.25. The van der Waals surface area contributed by atoms with Gasteiger partial charge in [0.2, 0.25) is 0 Å². The van der Waals surface area contributed by atoms with Gasteiger partial charge in [0.05, 0.1) is 24.0 Å². The summed E-state index contributed by atoms with van der Waals surface area (Å²) in [6, 6.07) is 24.5. The number of hydrogen-bond acceptors (Lipinski definition) is 3. The topological polar surface area (TPSA) is 46.5 Å². The number of nitrogens with zero attached hydrogens (tertiary/aromatic N) is 2. The van der Waals surface area contributed by atoms with E-state index in [0.717, 1.165) is 46.3 Å². The number of methoxy groups -OCH3 is 1. The van der Waals surface area contributed by atoms with Crippen LogP contribution in [0.3, 0.4) is 0 Å². The summed E-state index contributed by atoms with van der Waals surface area (Å²) in [7, 11) is 1.69. The monoisotopic (exact) mass is 423 g/mol. The molecule has 6 rings (SSSR count). The molecule has 3 aromatic carbocycles. The molecule has 0 bridgehead atoms. The molecule has 5 heteroatoms. The molecular formula is C27H25N3O2. The molecule has 1 N–H and O–H groups in total. The van der Waals surface area contributed by atoms with Gasteiger partial charge in [0.1, 0.15) is 5.75 Å². The molecule has 5 nitrogen and oxygen atoms in total. The average Bonchev–Trinajstić information content (AvgIpc) is 3.35. The number of rotatable bonds is 2. The minimum Gasteiger partial charge on any atom is -0.497 e. The van der Waals surface area contributed by atoms with Crippen LogP contribution < -0.4 is 10.1 Å². The molecule has 3 heterocycles. The van der Waals surface area contributed by atoms with Crippen LogP contribution >= 0.6 is 0 Å². The number of likely N-dealkylation sites (tertiary alicyclic amines) is 1. The number of ether oxygens (including phenoxy) is 1. The third-order valence-corrected chi connectivity index (χ3v) is 7.00. The molecule has 0 atom stereocenters. The Hall–Kier alpha value is -3.73. The molecule has 1 amide bonds. The Morgan fingerprint density at radius 3 is 2.62 bits per heavy atom. The van der Waals surface area contributed by atoms with E-state index >= 15 is 0 Å². The van der Waals surface area contributed by atoms with Crippen molar-refractivity contribution < 1.29 is 9.53 Å². The van der Waals surface area contributed by atoms with Gasteiger partial charge in [-0.3, -0.25) is 4.79 Å². The summed E-state index contributed by atoms with van der Waals surface area (Å²) in [6.07, 6.45) is 3.82. The molecule has 2 aliphatic rings. The number of hydrogen-bond donors (Lipinski definition) is 1. The van der Waals surface area contributed by atoms with Crippen LogP contribution in [0.5, 0.6) is 5.75 Å². The van der Waals surface area contributed by atoms with Gasteiger partial charge < -0.3 is 19.5 Å². The molecule has 0 radical (unpaired) electrons. The van der Waals surface area contributed by atoms with Gasteiger partial charge in [-0.2, -0.15) is 0 Å². The number of piperidine rings is 1. The second kappa shape index (κ2) is 7.16. The highest BCUT2D eigenvalue weighted by molar-refractivity contribution is 6.07. The molecule has 1 spiro atoms. The van der Waals surface area contributed by atoms with Gasteiger partial charge in [-0.15, -0.1) is 0 Å². The fourth-order valence-electron chi connectivity index (χ4n) is 5.31. The number of carbonyl (C=O) groups is 1. The normalized spacial score (nSPS) is 16.3. The second-order valence-corrected chi connectivity index (χ2v) is 8.67. The van der Waals surface area contributed by atoms with E-state index in [2.05, 4.69) is 52.5 Å². The zero-order valence-corrected chi connectivity index (χ0v) is 18.0. The molecule has 4 aromatic rings. The van der Waals surface area contributed by atoms with Crippen LogP contribution in [0.4, 0.5) is 5.69 Å². The number of carbonyl (C=O) groups excluding carboxylic acids is 1. The smallest absolute Gasteiger partial charge is 0.254 e. The Balaban J connectivity index is 1.30. The highest BCUT2D eigenvalue weighted by Gasteiger charge is 2.42. The van der Waals surface area contributed by atoms with Crippen molar-refractivity contribution in [2.75, 3.05) is 25.5 Å². The Morgan fingerprint density at radius 1 is 0.969 bits per heavy atom. The average molecular weight is 424 g/mol. The van der Waals surface area contributed by atoms with Crippen molar-refractivity contribution in [2.45, 2.75) is 18.4 Å². The van der Waals surface area contributed by atoms with Crippen LogP contribution in [-0.4, -0.2) is 35.6 Å². The molecule has 160 valence electrons. The SMILES string of the molecule is COc1ccc2c(c1)NC1(CCN(C(=O)c3cccc4ccccc34)CC1)c1cccn1-2. The summed E-state index contributed by atoms with van der Waals surface area (Å²) in [4.78, 5) is 15.4. The lowest BCUT2D eigenvalue weighted by atomic mass is 9.82. The van der Waals surface area contributed by atoms with Gasteiger partial charge in [-0.05, 0) is 53.9 Å². The van der Waals surface area contributed by atoms with Crippen molar-refractivity contribution in [1.29, 1.82) is 0 Å². The van der Waals surface area contributed by atoms with Crippen molar-refractivity contribution in [3.05, 3.63) is 90.3 Å². The summed E-state index contributed by atoms with van der Waals surface area (Å²) in [5, 5.41) is 5.94. The summed E-state index contributed by atoms with van der Waals surface area (Å²) in [5.41, 5.74) is 4.05. The first-order valence-corrected chi connectivity index (χ1v) is 11.1. The van der Waals surface area contributed by atoms with Crippen molar-refractivity contribution >= 4 is 22.4 Å². The Labute approximate surface area is 187 Å². The van der Waals surface area contributed by atoms with Crippen LogP contribution in [0.25, 0.3) is 16.5 Å². The lowest BCUT2D eigenvalue weighted by Gasteiger charge is -2.46. The van der Waals surface area contributed by atoms with E-state index in [9.17, 15) is 4.79 Å². The van der Waals surface area contributed by atoms with E-state index in [-0.39, 0.29) is 11.4 Å². The van der Waals surface area contributed by atoms with Crippen LogP contribution in [-0.2, 0) is 5.54 Å². The maximum Gasteiger partial charge on any atom is 0.254 e. The van der Waals surface area contributed by atoms with Crippen molar-refractivity contribution in [2.24, 2.45) is 0 Å². The number of nitrogens with one attached hydrogen (secondary N) is 1. The molecule has 1 aromatic heterocycles. The summed E-state index contributed by atoms with van der Waals surface area (Å²) >= 11 is 0. The maximum atomic E-state index is 13.4. The zero-order chi connectivity index (χ0) is 21.7. The Morgan fingerprint density at radius 2 is 1.78 bits per heavy atom. The highest BCUT2D eigenvalue weighted by Crippen LogP contribution is 2.44. The van der Waals surface area contributed by atoms with Crippen molar-refractivity contribution in [3.8, 4) is 11.4 Å². The number of anilines is 1. The molecule has 2 aliphatic heterocycles.